The van der Waals surface area contributed by atoms with Crippen LogP contribution in [0.2, 0.25) is 0 Å². The topological polar surface area (TPSA) is 35.6 Å². The number of hydrogen-bond donors (Lipinski definition) is 1. The van der Waals surface area contributed by atoms with Gasteiger partial charge in [-0.25, -0.2) is 0 Å². The number of carbonyl (C=O) groups excluding carboxylic acids is 1. The van der Waals surface area contributed by atoms with Crippen LogP contribution >= 0.6 is 15.9 Å². The molecular formula is C12H16BrN3O. The van der Waals surface area contributed by atoms with E-state index >= 15 is 0 Å². The zero-order valence-electron chi connectivity index (χ0n) is 10.0. The van der Waals surface area contributed by atoms with Crippen molar-refractivity contribution < 1.29 is 4.79 Å². The molecule has 0 spiro atoms. The Morgan fingerprint density at radius 1 is 1.41 bits per heavy atom. The van der Waals surface area contributed by atoms with Crippen LogP contribution in [0.5, 0.6) is 0 Å². The highest BCUT2D eigenvalue weighted by Gasteiger charge is 2.26. The van der Waals surface area contributed by atoms with Gasteiger partial charge in [-0.1, -0.05) is 15.9 Å². The Bertz CT molecular complexity index is 436. The van der Waals surface area contributed by atoms with E-state index in [4.69, 9.17) is 0 Å². The molecule has 5 heteroatoms. The number of carbonyl (C=O) groups is 1. The molecule has 0 saturated heterocycles. The van der Waals surface area contributed by atoms with E-state index in [-0.39, 0.29) is 5.91 Å². The largest absolute Gasteiger partial charge is 0.359 e. The average Bonchev–Trinajstić information content (AvgIpc) is 2.32. The van der Waals surface area contributed by atoms with Gasteiger partial charge in [0.25, 0.3) is 0 Å². The van der Waals surface area contributed by atoms with Crippen molar-refractivity contribution in [3.05, 3.63) is 22.7 Å². The zero-order chi connectivity index (χ0) is 12.4. The van der Waals surface area contributed by atoms with Crippen LogP contribution in [-0.4, -0.2) is 39.6 Å². The molecule has 0 aliphatic carbocycles. The molecule has 1 aromatic rings. The molecule has 0 atom stereocenters. The van der Waals surface area contributed by atoms with Crippen molar-refractivity contribution in [1.82, 2.24) is 5.32 Å². The van der Waals surface area contributed by atoms with E-state index in [1.807, 2.05) is 26.2 Å². The zero-order valence-corrected chi connectivity index (χ0v) is 11.6. The minimum absolute atomic E-state index is 0.135. The number of anilines is 2. The molecule has 2 rings (SSSR count). The fourth-order valence-electron chi connectivity index (χ4n) is 1.97. The first kappa shape index (κ1) is 12.4. The first-order valence-electron chi connectivity index (χ1n) is 5.59. The van der Waals surface area contributed by atoms with Crippen molar-refractivity contribution in [3.8, 4) is 0 Å². The molecule has 17 heavy (non-hydrogen) atoms. The summed E-state index contributed by atoms with van der Waals surface area (Å²) in [7, 11) is 3.74. The van der Waals surface area contributed by atoms with Gasteiger partial charge in [-0.15, -0.1) is 0 Å². The van der Waals surface area contributed by atoms with Gasteiger partial charge in [0.2, 0.25) is 5.91 Å². The molecule has 0 fully saturated rings. The number of amides is 1. The number of fused-ring (bicyclic) bond motifs is 1. The summed E-state index contributed by atoms with van der Waals surface area (Å²) in [6, 6.07) is 6.00. The molecule has 1 aromatic carbocycles. The minimum Gasteiger partial charge on any atom is -0.359 e. The highest BCUT2D eigenvalue weighted by Crippen LogP contribution is 2.34. The molecule has 92 valence electrons. The minimum atomic E-state index is 0.135. The maximum Gasteiger partial charge on any atom is 0.246 e. The Labute approximate surface area is 110 Å². The first-order chi connectivity index (χ1) is 8.13. The highest BCUT2D eigenvalue weighted by atomic mass is 79.9. The van der Waals surface area contributed by atoms with Crippen LogP contribution in [-0.2, 0) is 4.79 Å². The lowest BCUT2D eigenvalue weighted by Gasteiger charge is -2.35. The van der Waals surface area contributed by atoms with Crippen LogP contribution in [0.4, 0.5) is 11.4 Å². The number of likely N-dealkylation sites (N-methyl/N-ethyl adjacent to an activating group) is 2. The lowest BCUT2D eigenvalue weighted by molar-refractivity contribution is -0.117. The van der Waals surface area contributed by atoms with Crippen LogP contribution in [0.25, 0.3) is 0 Å². The van der Waals surface area contributed by atoms with Crippen molar-refractivity contribution in [3.63, 3.8) is 0 Å². The third kappa shape index (κ3) is 2.45. The van der Waals surface area contributed by atoms with E-state index in [1.54, 1.807) is 4.90 Å². The van der Waals surface area contributed by atoms with E-state index in [1.165, 1.54) is 0 Å². The third-order valence-electron chi connectivity index (χ3n) is 2.97. The molecule has 0 aromatic heterocycles. The van der Waals surface area contributed by atoms with Gasteiger partial charge in [0.1, 0.15) is 0 Å². The van der Waals surface area contributed by atoms with E-state index in [2.05, 4.69) is 32.2 Å². The third-order valence-corrected chi connectivity index (χ3v) is 3.46. The van der Waals surface area contributed by atoms with Crippen molar-refractivity contribution in [1.29, 1.82) is 0 Å². The molecule has 1 amide bonds. The van der Waals surface area contributed by atoms with Crippen molar-refractivity contribution in [2.45, 2.75) is 0 Å². The molecule has 4 nitrogen and oxygen atoms in total. The smallest absolute Gasteiger partial charge is 0.246 e. The Hall–Kier alpha value is -1.07. The summed E-state index contributed by atoms with van der Waals surface area (Å²) in [6.07, 6.45) is 0. The van der Waals surface area contributed by atoms with E-state index in [0.717, 1.165) is 28.9 Å². The van der Waals surface area contributed by atoms with Crippen LogP contribution < -0.4 is 15.1 Å². The second kappa shape index (κ2) is 5.06. The van der Waals surface area contributed by atoms with Gasteiger partial charge in [0, 0.05) is 24.6 Å². The Balaban J connectivity index is 2.35. The first-order valence-corrected chi connectivity index (χ1v) is 6.38. The van der Waals surface area contributed by atoms with Gasteiger partial charge in [0.05, 0.1) is 17.9 Å². The molecule has 1 aliphatic rings. The number of benzene rings is 1. The summed E-state index contributed by atoms with van der Waals surface area (Å²) >= 11 is 3.48. The second-order valence-electron chi connectivity index (χ2n) is 4.11. The Morgan fingerprint density at radius 2 is 2.18 bits per heavy atom. The summed E-state index contributed by atoms with van der Waals surface area (Å²) in [5.41, 5.74) is 2.08. The number of halogens is 1. The fourth-order valence-corrected chi connectivity index (χ4v) is 2.32. The quantitative estimate of drug-likeness (QED) is 0.917. The average molecular weight is 298 g/mol. The van der Waals surface area contributed by atoms with Crippen LogP contribution in [0.15, 0.2) is 22.7 Å². The normalized spacial score (nSPS) is 15.1. The molecule has 1 aliphatic heterocycles. The van der Waals surface area contributed by atoms with Gasteiger partial charge in [-0.2, -0.15) is 0 Å². The van der Waals surface area contributed by atoms with Crippen LogP contribution in [0, 0.1) is 0 Å². The van der Waals surface area contributed by atoms with Crippen molar-refractivity contribution in [2.24, 2.45) is 0 Å². The number of rotatable bonds is 3. The molecule has 0 bridgehead atoms. The number of nitrogens with one attached hydrogen (secondary N) is 1. The predicted octanol–water partition coefficient (Wildman–Crippen LogP) is 1.45. The van der Waals surface area contributed by atoms with E-state index in [9.17, 15) is 4.79 Å². The predicted molar refractivity (Wildman–Crippen MR) is 73.7 cm³/mol. The summed E-state index contributed by atoms with van der Waals surface area (Å²) in [6.45, 7) is 2.14. The van der Waals surface area contributed by atoms with Crippen molar-refractivity contribution >= 4 is 33.2 Å². The van der Waals surface area contributed by atoms with Gasteiger partial charge < -0.3 is 15.1 Å². The highest BCUT2D eigenvalue weighted by molar-refractivity contribution is 9.10. The molecule has 1 N–H and O–H groups in total. The summed E-state index contributed by atoms with van der Waals surface area (Å²) in [5.74, 6) is 0.135. The number of nitrogens with zero attached hydrogens (tertiary/aromatic N) is 2. The molecule has 0 unspecified atom stereocenters. The maximum atomic E-state index is 11.9. The SMILES string of the molecule is CNCCN1CC(=O)N(C)c2ccc(Br)cc21. The Morgan fingerprint density at radius 3 is 2.88 bits per heavy atom. The number of hydrogen-bond acceptors (Lipinski definition) is 3. The molecule has 0 saturated carbocycles. The van der Waals surface area contributed by atoms with Gasteiger partial charge in [-0.05, 0) is 25.2 Å². The van der Waals surface area contributed by atoms with Gasteiger partial charge in [-0.3, -0.25) is 4.79 Å². The van der Waals surface area contributed by atoms with Gasteiger partial charge in [0.15, 0.2) is 0 Å². The van der Waals surface area contributed by atoms with Crippen LogP contribution in [0.1, 0.15) is 0 Å². The molecule has 1 heterocycles. The maximum absolute atomic E-state index is 11.9. The second-order valence-corrected chi connectivity index (χ2v) is 5.03. The molecular weight excluding hydrogens is 282 g/mol. The fraction of sp³-hybridized carbons (Fsp3) is 0.417. The molecule has 0 radical (unpaired) electrons. The standard InChI is InChI=1S/C12H16BrN3O/c1-14-5-6-16-8-12(17)15(2)10-4-3-9(13)7-11(10)16/h3-4,7,14H,5-6,8H2,1-2H3. The van der Waals surface area contributed by atoms with E-state index in [0.29, 0.717) is 6.54 Å². The monoisotopic (exact) mass is 297 g/mol. The van der Waals surface area contributed by atoms with Crippen molar-refractivity contribution in [2.75, 3.05) is 43.5 Å². The van der Waals surface area contributed by atoms with Gasteiger partial charge >= 0.3 is 0 Å². The Kier molecular flexibility index (Phi) is 3.69. The van der Waals surface area contributed by atoms with Crippen LogP contribution in [0.3, 0.4) is 0 Å². The summed E-state index contributed by atoms with van der Waals surface area (Å²) < 4.78 is 1.04. The lowest BCUT2D eigenvalue weighted by atomic mass is 10.1. The summed E-state index contributed by atoms with van der Waals surface area (Å²) in [5, 5.41) is 3.11. The lowest BCUT2D eigenvalue weighted by Crippen LogP contribution is -2.45. The van der Waals surface area contributed by atoms with E-state index < -0.39 is 0 Å². The summed E-state index contributed by atoms with van der Waals surface area (Å²) in [4.78, 5) is 15.7.